The molecular weight excluding hydrogens is 467 g/mol. The summed E-state index contributed by atoms with van der Waals surface area (Å²) in [5.41, 5.74) is 6.13. The molecule has 3 aliphatic rings. The van der Waals surface area contributed by atoms with E-state index in [0.717, 1.165) is 49.5 Å². The molecule has 1 aromatic carbocycles. The zero-order valence-corrected chi connectivity index (χ0v) is 21.6. The summed E-state index contributed by atoms with van der Waals surface area (Å²) >= 11 is 0. The van der Waals surface area contributed by atoms with E-state index in [0.29, 0.717) is 0 Å². The number of imidazole rings is 1. The highest BCUT2D eigenvalue weighted by atomic mass is 19.1. The van der Waals surface area contributed by atoms with E-state index in [-0.39, 0.29) is 12.0 Å². The van der Waals surface area contributed by atoms with Gasteiger partial charge >= 0.3 is 0 Å². The van der Waals surface area contributed by atoms with Crippen LogP contribution in [0.5, 0.6) is 0 Å². The maximum absolute atomic E-state index is 11.9. The SMILES string of the molecule is C=NO[C@@H](C=C1CC1)N1CCC/C(=C\C2=CC=C(n3cnc(C)c3)C(OC)=CC2)C1.Fc1ccccc1. The average molecular weight is 503 g/mol. The minimum atomic E-state index is -0.178. The first-order valence-electron chi connectivity index (χ1n) is 12.7. The molecule has 7 heteroatoms. The number of methoxy groups -OCH3 is 1. The maximum Gasteiger partial charge on any atom is 0.200 e. The monoisotopic (exact) mass is 502 g/mol. The quantitative estimate of drug-likeness (QED) is 0.249. The molecule has 1 aromatic heterocycles. The first kappa shape index (κ1) is 26.4. The fourth-order valence-corrected chi connectivity index (χ4v) is 4.37. The van der Waals surface area contributed by atoms with Gasteiger partial charge in [-0.05, 0) is 75.0 Å². The Morgan fingerprint density at radius 3 is 2.57 bits per heavy atom. The van der Waals surface area contributed by atoms with E-state index in [1.165, 1.54) is 41.7 Å². The predicted octanol–water partition coefficient (Wildman–Crippen LogP) is 6.42. The number of allylic oxidation sites excluding steroid dienone is 7. The number of rotatable bonds is 7. The molecule has 0 radical (unpaired) electrons. The van der Waals surface area contributed by atoms with Gasteiger partial charge in [0, 0.05) is 26.0 Å². The molecule has 1 saturated heterocycles. The molecule has 5 rings (SSSR count). The van der Waals surface area contributed by atoms with Gasteiger partial charge in [-0.15, -0.1) is 5.16 Å². The summed E-state index contributed by atoms with van der Waals surface area (Å²) in [4.78, 5) is 12.2. The largest absolute Gasteiger partial charge is 0.495 e. The molecular formula is C30H35FN4O2. The summed E-state index contributed by atoms with van der Waals surface area (Å²) in [6.07, 6.45) is 20.1. The Morgan fingerprint density at radius 2 is 1.95 bits per heavy atom. The second-order valence-corrected chi connectivity index (χ2v) is 9.31. The minimum absolute atomic E-state index is 0.109. The van der Waals surface area contributed by atoms with E-state index >= 15 is 0 Å². The summed E-state index contributed by atoms with van der Waals surface area (Å²) in [6, 6.07) is 7.94. The molecule has 6 nitrogen and oxygen atoms in total. The van der Waals surface area contributed by atoms with E-state index in [4.69, 9.17) is 9.57 Å². The van der Waals surface area contributed by atoms with E-state index in [9.17, 15) is 4.39 Å². The smallest absolute Gasteiger partial charge is 0.200 e. The third-order valence-electron chi connectivity index (χ3n) is 6.37. The van der Waals surface area contributed by atoms with Crippen molar-refractivity contribution in [3.8, 4) is 0 Å². The van der Waals surface area contributed by atoms with Gasteiger partial charge in [0.05, 0.1) is 24.8 Å². The van der Waals surface area contributed by atoms with Crippen LogP contribution in [0.1, 0.15) is 37.8 Å². The van der Waals surface area contributed by atoms with Gasteiger partial charge in [-0.1, -0.05) is 41.5 Å². The van der Waals surface area contributed by atoms with Crippen LogP contribution in [0.2, 0.25) is 0 Å². The molecule has 2 aromatic rings. The Kier molecular flexibility index (Phi) is 9.27. The van der Waals surface area contributed by atoms with Crippen LogP contribution in [0.3, 0.4) is 0 Å². The highest BCUT2D eigenvalue weighted by Crippen LogP contribution is 2.31. The maximum atomic E-state index is 11.9. The third-order valence-corrected chi connectivity index (χ3v) is 6.37. The molecule has 2 aliphatic carbocycles. The second-order valence-electron chi connectivity index (χ2n) is 9.31. The van der Waals surface area contributed by atoms with Crippen molar-refractivity contribution in [3.05, 3.63) is 107 Å². The van der Waals surface area contributed by atoms with Crippen molar-refractivity contribution in [2.24, 2.45) is 5.16 Å². The molecule has 37 heavy (non-hydrogen) atoms. The van der Waals surface area contributed by atoms with Crippen molar-refractivity contribution < 1.29 is 14.0 Å². The number of halogens is 1. The zero-order valence-electron chi connectivity index (χ0n) is 21.6. The highest BCUT2D eigenvalue weighted by Gasteiger charge is 2.25. The van der Waals surface area contributed by atoms with Gasteiger partial charge in [-0.2, -0.15) is 0 Å². The lowest BCUT2D eigenvalue weighted by Crippen LogP contribution is -2.40. The number of piperidine rings is 1. The van der Waals surface area contributed by atoms with Crippen molar-refractivity contribution in [1.82, 2.24) is 14.5 Å². The standard InChI is InChI=1S/C24H30N4O2.C6H5F/c1-18-15-28(17-26-18)22-10-8-19(9-11-23(22)29-3)13-21-5-4-12-27(16-21)24(30-25-2)14-20-6-7-20;7-6-4-2-1-3-5-6/h8,10-11,13-15,17,24H,2,4-7,9,12,16H2,1,3H3;1-5H/b21-13+;/t24-;/m0./s1. The Bertz CT molecular complexity index is 1220. The first-order chi connectivity index (χ1) is 18.1. The molecule has 0 N–H and O–H groups in total. The third kappa shape index (κ3) is 7.89. The van der Waals surface area contributed by atoms with E-state index in [2.05, 4.69) is 52.1 Å². The van der Waals surface area contributed by atoms with Crippen molar-refractivity contribution in [1.29, 1.82) is 0 Å². The summed E-state index contributed by atoms with van der Waals surface area (Å²) in [5, 5.41) is 3.70. The molecule has 2 heterocycles. The second kappa shape index (κ2) is 13.0. The average Bonchev–Trinajstić information content (AvgIpc) is 3.67. The normalized spacial score (nSPS) is 19.4. The van der Waals surface area contributed by atoms with E-state index in [1.54, 1.807) is 25.3 Å². The summed E-state index contributed by atoms with van der Waals surface area (Å²) in [5.74, 6) is 0.686. The molecule has 1 atom stereocenters. The Balaban J connectivity index is 0.000000396. The fraction of sp³-hybridized carbons (Fsp3) is 0.333. The van der Waals surface area contributed by atoms with Gasteiger partial charge in [0.2, 0.25) is 6.23 Å². The number of nitrogens with zero attached hydrogens (tertiary/aromatic N) is 4. The number of aromatic nitrogens is 2. The van der Waals surface area contributed by atoms with Gasteiger partial charge in [0.25, 0.3) is 0 Å². The molecule has 2 fully saturated rings. The summed E-state index contributed by atoms with van der Waals surface area (Å²) in [6.45, 7) is 7.40. The number of ether oxygens (including phenoxy) is 1. The Morgan fingerprint density at radius 1 is 1.14 bits per heavy atom. The molecule has 1 saturated carbocycles. The number of aryl methyl sites for hydroxylation is 1. The fourth-order valence-electron chi connectivity index (χ4n) is 4.37. The minimum Gasteiger partial charge on any atom is -0.495 e. The molecule has 1 aliphatic heterocycles. The first-order valence-corrected chi connectivity index (χ1v) is 12.7. The summed E-state index contributed by atoms with van der Waals surface area (Å²) < 4.78 is 19.6. The molecule has 0 bridgehead atoms. The highest BCUT2D eigenvalue weighted by molar-refractivity contribution is 5.65. The Labute approximate surface area is 218 Å². The van der Waals surface area contributed by atoms with Crippen LogP contribution in [-0.4, -0.2) is 47.6 Å². The molecule has 0 amide bonds. The number of benzene rings is 1. The molecule has 0 unspecified atom stereocenters. The number of oxime groups is 1. The van der Waals surface area contributed by atoms with Crippen LogP contribution in [0.4, 0.5) is 4.39 Å². The van der Waals surface area contributed by atoms with Crippen LogP contribution < -0.4 is 0 Å². The molecule has 194 valence electrons. The number of hydrogen-bond acceptors (Lipinski definition) is 5. The van der Waals surface area contributed by atoms with Crippen LogP contribution in [0.15, 0.2) is 101 Å². The van der Waals surface area contributed by atoms with Crippen LogP contribution in [-0.2, 0) is 9.57 Å². The zero-order chi connectivity index (χ0) is 26.0. The summed E-state index contributed by atoms with van der Waals surface area (Å²) in [7, 11) is 1.72. The van der Waals surface area contributed by atoms with Crippen molar-refractivity contribution in [2.45, 2.75) is 45.3 Å². The van der Waals surface area contributed by atoms with Gasteiger partial charge in [-0.25, -0.2) is 9.37 Å². The van der Waals surface area contributed by atoms with Gasteiger partial charge in [-0.3, -0.25) is 4.90 Å². The van der Waals surface area contributed by atoms with E-state index < -0.39 is 0 Å². The van der Waals surface area contributed by atoms with Crippen LogP contribution in [0.25, 0.3) is 5.70 Å². The lowest BCUT2D eigenvalue weighted by molar-refractivity contribution is -0.0252. The number of hydrogen-bond donors (Lipinski definition) is 0. The van der Waals surface area contributed by atoms with Crippen LogP contribution in [0, 0.1) is 12.7 Å². The lowest BCUT2D eigenvalue weighted by atomic mass is 10.00. The predicted molar refractivity (Wildman–Crippen MR) is 146 cm³/mol. The molecule has 0 spiro atoms. The van der Waals surface area contributed by atoms with Crippen molar-refractivity contribution in [2.75, 3.05) is 20.2 Å². The van der Waals surface area contributed by atoms with Gasteiger partial charge in [0.15, 0.2) is 0 Å². The lowest BCUT2D eigenvalue weighted by Gasteiger charge is -2.32. The van der Waals surface area contributed by atoms with Crippen molar-refractivity contribution >= 4 is 12.4 Å². The number of likely N-dealkylation sites (tertiary alicyclic amines) is 1. The van der Waals surface area contributed by atoms with Gasteiger partial charge < -0.3 is 14.1 Å². The van der Waals surface area contributed by atoms with Crippen LogP contribution >= 0.6 is 0 Å². The van der Waals surface area contributed by atoms with Crippen molar-refractivity contribution in [3.63, 3.8) is 0 Å². The topological polar surface area (TPSA) is 51.9 Å². The van der Waals surface area contributed by atoms with Gasteiger partial charge in [0.1, 0.15) is 11.6 Å². The van der Waals surface area contributed by atoms with E-state index in [1.807, 2.05) is 24.0 Å². The Hall–Kier alpha value is -3.71.